The zero-order chi connectivity index (χ0) is 13.4. The molecule has 1 aromatic rings. The van der Waals surface area contributed by atoms with Crippen LogP contribution in [-0.2, 0) is 11.3 Å². The van der Waals surface area contributed by atoms with Crippen molar-refractivity contribution >= 4 is 11.9 Å². The lowest BCUT2D eigenvalue weighted by Gasteiger charge is -2.15. The maximum absolute atomic E-state index is 12.1. The van der Waals surface area contributed by atoms with Gasteiger partial charge in [0.15, 0.2) is 0 Å². The summed E-state index contributed by atoms with van der Waals surface area (Å²) in [5.74, 6) is -0.0909. The highest BCUT2D eigenvalue weighted by atomic mass is 16.2. The minimum absolute atomic E-state index is 0.0909. The maximum atomic E-state index is 12.1. The van der Waals surface area contributed by atoms with E-state index >= 15 is 0 Å². The quantitative estimate of drug-likeness (QED) is 0.752. The molecule has 5 nitrogen and oxygen atoms in total. The molecule has 3 amide bonds. The molecule has 3 rings (SSSR count). The molecule has 0 radical (unpaired) electrons. The second-order valence-electron chi connectivity index (χ2n) is 4.87. The SMILES string of the molecule is N#Cc1ccc(CN2C(=O)[C@@H]3CCCN3C2=O)cc1. The first-order chi connectivity index (χ1) is 9.20. The van der Waals surface area contributed by atoms with Gasteiger partial charge >= 0.3 is 6.03 Å². The number of carbonyl (C=O) groups is 2. The summed E-state index contributed by atoms with van der Waals surface area (Å²) in [6, 6.07) is 8.57. The van der Waals surface area contributed by atoms with Crippen LogP contribution in [0, 0.1) is 11.3 Å². The zero-order valence-corrected chi connectivity index (χ0v) is 10.4. The number of nitrogens with zero attached hydrogens (tertiary/aromatic N) is 3. The summed E-state index contributed by atoms with van der Waals surface area (Å²) in [4.78, 5) is 27.2. The van der Waals surface area contributed by atoms with Crippen LogP contribution in [-0.4, -0.2) is 34.3 Å². The smallest absolute Gasteiger partial charge is 0.312 e. The standard InChI is InChI=1S/C14H13N3O2/c15-8-10-3-5-11(6-4-10)9-17-13(18)12-2-1-7-16(12)14(17)19/h3-6,12H,1-2,7,9H2/t12-/m0/s1. The zero-order valence-electron chi connectivity index (χ0n) is 10.4. The average Bonchev–Trinajstić information content (AvgIpc) is 3.00. The molecule has 0 saturated carbocycles. The van der Waals surface area contributed by atoms with Crippen LogP contribution in [0.3, 0.4) is 0 Å². The number of amides is 3. The highest BCUT2D eigenvalue weighted by Gasteiger charge is 2.47. The molecule has 0 spiro atoms. The van der Waals surface area contributed by atoms with Crippen molar-refractivity contribution in [1.29, 1.82) is 5.26 Å². The lowest BCUT2D eigenvalue weighted by Crippen LogP contribution is -2.32. The molecule has 2 heterocycles. The number of carbonyl (C=O) groups excluding carboxylic acids is 2. The number of fused-ring (bicyclic) bond motifs is 1. The van der Waals surface area contributed by atoms with Gasteiger partial charge in [-0.05, 0) is 30.5 Å². The highest BCUT2D eigenvalue weighted by Crippen LogP contribution is 2.28. The van der Waals surface area contributed by atoms with E-state index in [1.807, 2.05) is 6.07 Å². The van der Waals surface area contributed by atoms with E-state index in [0.717, 1.165) is 18.4 Å². The van der Waals surface area contributed by atoms with E-state index in [1.165, 1.54) is 4.90 Å². The Kier molecular flexibility index (Phi) is 2.71. The van der Waals surface area contributed by atoms with Crippen LogP contribution in [0.1, 0.15) is 24.0 Å². The van der Waals surface area contributed by atoms with Crippen LogP contribution in [0.15, 0.2) is 24.3 Å². The van der Waals surface area contributed by atoms with Crippen LogP contribution in [0.25, 0.3) is 0 Å². The summed E-state index contributed by atoms with van der Waals surface area (Å²) in [6.07, 6.45) is 1.68. The summed E-state index contributed by atoms with van der Waals surface area (Å²) >= 11 is 0. The van der Waals surface area contributed by atoms with Crippen LogP contribution in [0.2, 0.25) is 0 Å². The molecule has 0 N–H and O–H groups in total. The van der Waals surface area contributed by atoms with Gasteiger partial charge in [0.25, 0.3) is 5.91 Å². The van der Waals surface area contributed by atoms with Gasteiger partial charge in [-0.3, -0.25) is 9.69 Å². The van der Waals surface area contributed by atoms with Gasteiger partial charge in [-0.1, -0.05) is 12.1 Å². The molecule has 5 heteroatoms. The summed E-state index contributed by atoms with van der Waals surface area (Å²) in [5.41, 5.74) is 1.44. The van der Waals surface area contributed by atoms with Gasteiger partial charge in [-0.25, -0.2) is 4.79 Å². The molecule has 2 aliphatic heterocycles. The van der Waals surface area contributed by atoms with Crippen molar-refractivity contribution in [3.63, 3.8) is 0 Å². The van der Waals surface area contributed by atoms with E-state index < -0.39 is 0 Å². The molecule has 2 fully saturated rings. The maximum Gasteiger partial charge on any atom is 0.327 e. The molecule has 0 unspecified atom stereocenters. The number of urea groups is 1. The van der Waals surface area contributed by atoms with E-state index in [-0.39, 0.29) is 24.5 Å². The number of hydrogen-bond acceptors (Lipinski definition) is 3. The Labute approximate surface area is 111 Å². The van der Waals surface area contributed by atoms with Crippen molar-refractivity contribution in [3.8, 4) is 6.07 Å². The lowest BCUT2D eigenvalue weighted by molar-refractivity contribution is -0.128. The number of hydrogen-bond donors (Lipinski definition) is 0. The van der Waals surface area contributed by atoms with Crippen LogP contribution >= 0.6 is 0 Å². The Morgan fingerprint density at radius 1 is 1.26 bits per heavy atom. The minimum Gasteiger partial charge on any atom is -0.312 e. The number of rotatable bonds is 2. The Morgan fingerprint density at radius 2 is 2.00 bits per heavy atom. The Hall–Kier alpha value is -2.35. The van der Waals surface area contributed by atoms with Gasteiger partial charge in [-0.15, -0.1) is 0 Å². The first-order valence-electron chi connectivity index (χ1n) is 6.32. The van der Waals surface area contributed by atoms with Crippen LogP contribution < -0.4 is 0 Å². The Morgan fingerprint density at radius 3 is 2.63 bits per heavy atom. The van der Waals surface area contributed by atoms with E-state index in [2.05, 4.69) is 0 Å². The molecule has 19 heavy (non-hydrogen) atoms. The third kappa shape index (κ3) is 1.85. The fourth-order valence-electron chi connectivity index (χ4n) is 2.69. The van der Waals surface area contributed by atoms with Gasteiger partial charge < -0.3 is 4.90 Å². The first kappa shape index (κ1) is 11.7. The Bertz CT molecular complexity index is 551. The number of nitriles is 1. The average molecular weight is 255 g/mol. The largest absolute Gasteiger partial charge is 0.327 e. The van der Waals surface area contributed by atoms with Crippen LogP contribution in [0.5, 0.6) is 0 Å². The molecular weight excluding hydrogens is 242 g/mol. The lowest BCUT2D eigenvalue weighted by atomic mass is 10.1. The van der Waals surface area contributed by atoms with Gasteiger partial charge in [0, 0.05) is 6.54 Å². The van der Waals surface area contributed by atoms with Crippen molar-refractivity contribution in [2.24, 2.45) is 0 Å². The minimum atomic E-state index is -0.245. The van der Waals surface area contributed by atoms with Crippen LogP contribution in [0.4, 0.5) is 4.79 Å². The summed E-state index contributed by atoms with van der Waals surface area (Å²) in [7, 11) is 0. The van der Waals surface area contributed by atoms with Crippen molar-refractivity contribution in [1.82, 2.24) is 9.80 Å². The fraction of sp³-hybridized carbons (Fsp3) is 0.357. The first-order valence-corrected chi connectivity index (χ1v) is 6.32. The molecule has 1 aromatic carbocycles. The van der Waals surface area contributed by atoms with Gasteiger partial charge in [-0.2, -0.15) is 5.26 Å². The van der Waals surface area contributed by atoms with Crippen molar-refractivity contribution in [3.05, 3.63) is 35.4 Å². The summed E-state index contributed by atoms with van der Waals surface area (Å²) in [6.45, 7) is 0.968. The van der Waals surface area contributed by atoms with E-state index in [9.17, 15) is 9.59 Å². The van der Waals surface area contributed by atoms with E-state index in [1.54, 1.807) is 29.2 Å². The van der Waals surface area contributed by atoms with Crippen molar-refractivity contribution < 1.29 is 9.59 Å². The Balaban J connectivity index is 1.78. The van der Waals surface area contributed by atoms with Gasteiger partial charge in [0.1, 0.15) is 6.04 Å². The van der Waals surface area contributed by atoms with E-state index in [4.69, 9.17) is 5.26 Å². The van der Waals surface area contributed by atoms with Crippen molar-refractivity contribution in [2.75, 3.05) is 6.54 Å². The summed E-state index contributed by atoms with van der Waals surface area (Å²) < 4.78 is 0. The molecule has 96 valence electrons. The third-order valence-electron chi connectivity index (χ3n) is 3.70. The van der Waals surface area contributed by atoms with Gasteiger partial charge in [0.2, 0.25) is 0 Å². The third-order valence-corrected chi connectivity index (χ3v) is 3.70. The second kappa shape index (κ2) is 4.39. The molecule has 0 aromatic heterocycles. The number of benzene rings is 1. The monoisotopic (exact) mass is 255 g/mol. The molecule has 2 aliphatic rings. The molecule has 1 atom stereocenters. The topological polar surface area (TPSA) is 64.4 Å². The molecule has 0 aliphatic carbocycles. The normalized spacial score (nSPS) is 21.7. The fourth-order valence-corrected chi connectivity index (χ4v) is 2.69. The van der Waals surface area contributed by atoms with E-state index in [0.29, 0.717) is 12.1 Å². The summed E-state index contributed by atoms with van der Waals surface area (Å²) in [5, 5.41) is 8.73. The predicted octanol–water partition coefficient (Wildman–Crippen LogP) is 1.48. The molecular formula is C14H13N3O2. The molecule has 2 saturated heterocycles. The predicted molar refractivity (Wildman–Crippen MR) is 66.8 cm³/mol. The highest BCUT2D eigenvalue weighted by molar-refractivity contribution is 6.04. The molecule has 0 bridgehead atoms. The second-order valence-corrected chi connectivity index (χ2v) is 4.87. The van der Waals surface area contributed by atoms with Crippen molar-refractivity contribution in [2.45, 2.75) is 25.4 Å². The van der Waals surface area contributed by atoms with Gasteiger partial charge in [0.05, 0.1) is 18.2 Å². The number of imide groups is 1.